The second-order valence-corrected chi connectivity index (χ2v) is 32.9. The minimum atomic E-state index is -1.73. The summed E-state index contributed by atoms with van der Waals surface area (Å²) in [6.45, 7) is 52.3. The molecular formula is C60H90Cl5NO8P2. The summed E-state index contributed by atoms with van der Waals surface area (Å²) in [6, 6.07) is 16.1. The van der Waals surface area contributed by atoms with Gasteiger partial charge in [0.15, 0.2) is 5.98 Å². The summed E-state index contributed by atoms with van der Waals surface area (Å²) in [5, 5.41) is 11.3. The Kier molecular flexibility index (Phi) is 27.3. The Morgan fingerprint density at radius 3 is 0.947 bits per heavy atom. The fourth-order valence-electron chi connectivity index (χ4n) is 7.91. The molecule has 0 aliphatic carbocycles. The highest BCUT2D eigenvalue weighted by Gasteiger charge is 2.33. The smallest absolute Gasteiger partial charge is 0.507 e. The maximum absolute atomic E-state index is 12.8. The Balaban J connectivity index is 0.000000636. The first kappa shape index (κ1) is 71.3. The first-order valence-electron chi connectivity index (χ1n) is 25.7. The molecule has 0 spiro atoms. The Labute approximate surface area is 485 Å². The van der Waals surface area contributed by atoms with Crippen molar-refractivity contribution in [3.63, 3.8) is 0 Å². The summed E-state index contributed by atoms with van der Waals surface area (Å²) >= 11 is 26.9. The predicted molar refractivity (Wildman–Crippen MR) is 330 cm³/mol. The molecule has 0 unspecified atom stereocenters. The van der Waals surface area contributed by atoms with Gasteiger partial charge in [-0.15, -0.1) is 0 Å². The Bertz CT molecular complexity index is 2550. The molecule has 16 heteroatoms. The largest absolute Gasteiger partial charge is 0.514 e. The van der Waals surface area contributed by atoms with Crippen molar-refractivity contribution < 1.29 is 38.2 Å². The van der Waals surface area contributed by atoms with Crippen molar-refractivity contribution in [3.05, 3.63) is 93.0 Å². The summed E-state index contributed by atoms with van der Waals surface area (Å²) < 4.78 is 28.7. The third-order valence-electron chi connectivity index (χ3n) is 11.4. The molecule has 0 saturated carbocycles. The van der Waals surface area contributed by atoms with Crippen molar-refractivity contribution in [1.29, 1.82) is 0 Å². The number of hydrogen-bond donors (Lipinski definition) is 1. The quantitative estimate of drug-likeness (QED) is 0.0997. The van der Waals surface area contributed by atoms with Gasteiger partial charge in [-0.05, 0) is 180 Å². The van der Waals surface area contributed by atoms with Crippen LogP contribution in [0.25, 0.3) is 22.3 Å². The van der Waals surface area contributed by atoms with E-state index >= 15 is 0 Å². The predicted octanol–water partition coefficient (Wildman–Crippen LogP) is 21.8. The second-order valence-electron chi connectivity index (χ2n) is 25.0. The minimum Gasteiger partial charge on any atom is -0.507 e. The third kappa shape index (κ3) is 23.9. The van der Waals surface area contributed by atoms with Gasteiger partial charge >= 0.3 is 12.3 Å². The SMILES string of the molecule is CCN(CC)CC.Cc1cc(-c2cc(C)cc(C(C)(C)C)c2OC(=O)OC(C)(C)C)c(O)c(C(C)(C)C)c1.Cc1cc(-c2cc(C)cc(C(C)(C)C)c2OP(Cl)Cl)c(OC(=O)OC(C)(C)C)c(C(C)(C)C)c1.ClP(Cl)Cl. The molecule has 0 aliphatic heterocycles. The summed E-state index contributed by atoms with van der Waals surface area (Å²) in [7, 11) is 0. The highest BCUT2D eigenvalue weighted by molar-refractivity contribution is 8.20. The Morgan fingerprint density at radius 2 is 0.697 bits per heavy atom. The van der Waals surface area contributed by atoms with E-state index in [4.69, 9.17) is 79.7 Å². The van der Waals surface area contributed by atoms with Gasteiger partial charge in [0.2, 0.25) is 0 Å². The van der Waals surface area contributed by atoms with Crippen LogP contribution in [-0.4, -0.2) is 53.2 Å². The number of aromatic hydroxyl groups is 1. The topological polar surface area (TPSA) is 104 Å². The number of ether oxygens (including phenoxy) is 4. The summed E-state index contributed by atoms with van der Waals surface area (Å²) in [6.07, 6.45) is -1.52. The molecule has 0 fully saturated rings. The lowest BCUT2D eigenvalue weighted by molar-refractivity contribution is 0.0190. The molecule has 0 amide bonds. The first-order chi connectivity index (χ1) is 34.3. The highest BCUT2D eigenvalue weighted by atomic mass is 36.0. The van der Waals surface area contributed by atoms with Crippen molar-refractivity contribution in [2.75, 3.05) is 19.6 Å². The van der Waals surface area contributed by atoms with Gasteiger partial charge < -0.3 is 33.5 Å². The van der Waals surface area contributed by atoms with Crippen LogP contribution in [0.1, 0.15) is 190 Å². The molecule has 0 aromatic heterocycles. The van der Waals surface area contributed by atoms with Crippen LogP contribution in [0.5, 0.6) is 23.0 Å². The van der Waals surface area contributed by atoms with Gasteiger partial charge in [-0.25, -0.2) is 9.59 Å². The number of carbonyl (C=O) groups is 2. The van der Waals surface area contributed by atoms with Crippen LogP contribution < -0.4 is 14.0 Å². The lowest BCUT2D eigenvalue weighted by atomic mass is 9.80. The van der Waals surface area contributed by atoms with Crippen molar-refractivity contribution in [3.8, 4) is 45.3 Å². The molecule has 76 heavy (non-hydrogen) atoms. The third-order valence-corrected chi connectivity index (χ3v) is 12.2. The van der Waals surface area contributed by atoms with E-state index in [2.05, 4.69) is 115 Å². The van der Waals surface area contributed by atoms with E-state index in [1.807, 2.05) is 70.2 Å². The Hall–Kier alpha value is -2.71. The monoisotopic (exact) mass is 1190 g/mol. The van der Waals surface area contributed by atoms with E-state index in [0.29, 0.717) is 28.4 Å². The average molecular weight is 1190 g/mol. The zero-order valence-corrected chi connectivity index (χ0v) is 55.8. The number of benzene rings is 4. The van der Waals surface area contributed by atoms with Gasteiger partial charge in [0.25, 0.3) is 6.85 Å². The molecule has 0 atom stereocenters. The van der Waals surface area contributed by atoms with Crippen LogP contribution in [0.4, 0.5) is 9.59 Å². The molecule has 1 N–H and O–H groups in total. The zero-order valence-electron chi connectivity index (χ0n) is 50.3. The number of halogens is 5. The second kappa shape index (κ2) is 29.1. The molecule has 4 aromatic rings. The van der Waals surface area contributed by atoms with Crippen molar-refractivity contribution in [2.24, 2.45) is 0 Å². The Morgan fingerprint density at radius 1 is 0.447 bits per heavy atom. The van der Waals surface area contributed by atoms with Crippen LogP contribution in [0.3, 0.4) is 0 Å². The lowest BCUT2D eigenvalue weighted by Gasteiger charge is -2.29. The van der Waals surface area contributed by atoms with Gasteiger partial charge in [-0.3, -0.25) is 0 Å². The minimum absolute atomic E-state index is 0.206. The van der Waals surface area contributed by atoms with Crippen molar-refractivity contribution in [2.45, 2.75) is 206 Å². The molecule has 4 aromatic carbocycles. The van der Waals surface area contributed by atoms with Crippen LogP contribution in [0, 0.1) is 27.7 Å². The van der Waals surface area contributed by atoms with Gasteiger partial charge in [0.1, 0.15) is 34.2 Å². The zero-order chi connectivity index (χ0) is 59.4. The number of aryl methyl sites for hydroxylation is 4. The summed E-state index contributed by atoms with van der Waals surface area (Å²) in [5.41, 5.74) is 8.11. The molecule has 428 valence electrons. The molecule has 0 bridgehead atoms. The fraction of sp³-hybridized carbons (Fsp3) is 0.567. The maximum Gasteiger partial charge on any atom is 0.514 e. The summed E-state index contributed by atoms with van der Waals surface area (Å²) in [4.78, 5) is 27.8. The fourth-order valence-corrected chi connectivity index (χ4v) is 8.66. The van der Waals surface area contributed by atoms with E-state index in [1.54, 1.807) is 41.5 Å². The van der Waals surface area contributed by atoms with Crippen LogP contribution in [-0.2, 0) is 31.1 Å². The van der Waals surface area contributed by atoms with E-state index in [9.17, 15) is 14.7 Å². The number of hydrogen-bond acceptors (Lipinski definition) is 9. The first-order valence-corrected chi connectivity index (χ1v) is 32.8. The van der Waals surface area contributed by atoms with Gasteiger partial charge in [-0.2, -0.15) is 0 Å². The van der Waals surface area contributed by atoms with E-state index in [-0.39, 0.29) is 27.4 Å². The molecule has 0 radical (unpaired) electrons. The number of phenols is 1. The molecule has 0 aliphatic rings. The van der Waals surface area contributed by atoms with E-state index in [1.165, 1.54) is 19.6 Å². The molecule has 0 heterocycles. The summed E-state index contributed by atoms with van der Waals surface area (Å²) in [5.74, 6) is 0.459. The van der Waals surface area contributed by atoms with Crippen molar-refractivity contribution >= 4 is 81.3 Å². The lowest BCUT2D eigenvalue weighted by Crippen LogP contribution is -2.27. The standard InChI is InChI=1S/C27H37Cl2O4P.C27H38O4.C6H15N.Cl3P/c1-16-12-18(19-13-17(2)15-21(26(6,7)8)23(19)33-34(28)29)22(20(14-16)25(3,4)5)31-24(30)32-27(9,10)11;1-16-12-18(22(28)20(14-16)25(3,4)5)19-13-17(2)15-21(26(6,7)8)23(19)30-24(29)31-27(9,10)11;1-4-7(5-2)6-3;1-4(2)3/h12-15H,1-11H3;12-15,28H,1-11H3;4-6H2,1-3H3;. The van der Waals surface area contributed by atoms with Gasteiger partial charge in [-0.1, -0.05) is 162 Å². The molecular weight excluding hydrogens is 1100 g/mol. The van der Waals surface area contributed by atoms with E-state index < -0.39 is 36.3 Å². The molecule has 4 rings (SSSR count). The number of carbonyl (C=O) groups excluding carboxylic acids is 2. The number of phenolic OH excluding ortho intramolecular Hbond substituents is 1. The van der Waals surface area contributed by atoms with E-state index in [0.717, 1.165) is 55.6 Å². The van der Waals surface area contributed by atoms with Crippen molar-refractivity contribution in [1.82, 2.24) is 4.90 Å². The van der Waals surface area contributed by atoms with Gasteiger partial charge in [0.05, 0.1) is 0 Å². The maximum atomic E-state index is 12.8. The molecule has 9 nitrogen and oxygen atoms in total. The highest BCUT2D eigenvalue weighted by Crippen LogP contribution is 2.55. The number of rotatable bonds is 9. The normalized spacial score (nSPS) is 12.2. The van der Waals surface area contributed by atoms with Crippen LogP contribution in [0.2, 0.25) is 0 Å². The van der Waals surface area contributed by atoms with Gasteiger partial charge in [0, 0.05) is 44.5 Å². The van der Waals surface area contributed by atoms with Crippen LogP contribution in [0.15, 0.2) is 48.5 Å². The van der Waals surface area contributed by atoms with Crippen LogP contribution >= 0.6 is 69.0 Å². The average Bonchev–Trinajstić information content (AvgIpc) is 3.21. The number of nitrogens with zero attached hydrogens (tertiary/aromatic N) is 1. The molecule has 0 saturated heterocycles.